The largest absolute Gasteiger partial charge is 0.481 e. The second kappa shape index (κ2) is 6.78. The molecule has 3 atom stereocenters. The third kappa shape index (κ3) is 3.99. The van der Waals surface area contributed by atoms with E-state index < -0.39 is 6.10 Å². The molecule has 0 spiro atoms. The van der Waals surface area contributed by atoms with Crippen LogP contribution in [0.3, 0.4) is 0 Å². The number of ether oxygens (including phenoxy) is 1. The van der Waals surface area contributed by atoms with Crippen LogP contribution in [0.5, 0.6) is 5.75 Å². The molecule has 0 radical (unpaired) electrons. The van der Waals surface area contributed by atoms with Gasteiger partial charge in [0.2, 0.25) is 0 Å². The van der Waals surface area contributed by atoms with Crippen molar-refractivity contribution in [1.82, 2.24) is 5.32 Å². The molecule has 1 amide bonds. The first-order valence-corrected chi connectivity index (χ1v) is 7.60. The quantitative estimate of drug-likeness (QED) is 0.914. The van der Waals surface area contributed by atoms with Gasteiger partial charge in [0.15, 0.2) is 6.10 Å². The maximum Gasteiger partial charge on any atom is 0.261 e. The van der Waals surface area contributed by atoms with E-state index >= 15 is 0 Å². The van der Waals surface area contributed by atoms with Crippen LogP contribution in [0.2, 0.25) is 0 Å². The molecule has 1 aliphatic carbocycles. The first-order chi connectivity index (χ1) is 9.56. The van der Waals surface area contributed by atoms with Crippen molar-refractivity contribution in [1.29, 1.82) is 0 Å². The van der Waals surface area contributed by atoms with Crippen LogP contribution in [0.4, 0.5) is 0 Å². The predicted molar refractivity (Wildman–Crippen MR) is 80.8 cm³/mol. The number of benzene rings is 1. The highest BCUT2D eigenvalue weighted by molar-refractivity contribution is 5.81. The summed E-state index contributed by atoms with van der Waals surface area (Å²) in [7, 11) is 0. The lowest BCUT2D eigenvalue weighted by Crippen LogP contribution is -2.46. The van der Waals surface area contributed by atoms with Crippen molar-refractivity contribution < 1.29 is 9.53 Å². The third-order valence-electron chi connectivity index (χ3n) is 4.11. The highest BCUT2D eigenvalue weighted by Gasteiger charge is 2.25. The van der Waals surface area contributed by atoms with Crippen LogP contribution in [-0.2, 0) is 4.79 Å². The molecule has 2 rings (SSSR count). The molecule has 0 aromatic heterocycles. The molecule has 20 heavy (non-hydrogen) atoms. The number of nitrogens with one attached hydrogen (secondary N) is 1. The van der Waals surface area contributed by atoms with Crippen molar-refractivity contribution in [3.05, 3.63) is 29.8 Å². The van der Waals surface area contributed by atoms with Gasteiger partial charge in [0.05, 0.1) is 0 Å². The van der Waals surface area contributed by atoms with Crippen LogP contribution in [0.1, 0.15) is 45.1 Å². The Bertz CT molecular complexity index is 458. The van der Waals surface area contributed by atoms with Crippen molar-refractivity contribution in [2.24, 2.45) is 5.92 Å². The highest BCUT2D eigenvalue weighted by atomic mass is 16.5. The van der Waals surface area contributed by atoms with E-state index in [1.165, 1.54) is 19.3 Å². The van der Waals surface area contributed by atoms with Crippen LogP contribution in [0.15, 0.2) is 24.3 Å². The summed E-state index contributed by atoms with van der Waals surface area (Å²) in [6.45, 7) is 6.04. The average Bonchev–Trinajstić information content (AvgIpc) is 2.41. The molecule has 1 N–H and O–H groups in total. The zero-order valence-electron chi connectivity index (χ0n) is 12.7. The SMILES string of the molecule is Cc1cccc(OC(C)C(=O)NC2CCCCC2C)c1. The van der Waals surface area contributed by atoms with E-state index in [1.807, 2.05) is 38.1 Å². The van der Waals surface area contributed by atoms with Gasteiger partial charge in [0, 0.05) is 6.04 Å². The topological polar surface area (TPSA) is 38.3 Å². The lowest BCUT2D eigenvalue weighted by molar-refractivity contribution is -0.128. The van der Waals surface area contributed by atoms with Crippen molar-refractivity contribution in [2.45, 2.75) is 58.6 Å². The Kier molecular flexibility index (Phi) is 5.05. The van der Waals surface area contributed by atoms with E-state index in [1.54, 1.807) is 0 Å². The van der Waals surface area contributed by atoms with Crippen molar-refractivity contribution in [2.75, 3.05) is 0 Å². The summed E-state index contributed by atoms with van der Waals surface area (Å²) in [6.07, 6.45) is 4.33. The van der Waals surface area contributed by atoms with E-state index in [4.69, 9.17) is 4.74 Å². The van der Waals surface area contributed by atoms with Gasteiger partial charge in [-0.25, -0.2) is 0 Å². The highest BCUT2D eigenvalue weighted by Crippen LogP contribution is 2.24. The molecule has 0 aliphatic heterocycles. The second-order valence-corrected chi connectivity index (χ2v) is 5.95. The normalized spacial score (nSPS) is 23.9. The summed E-state index contributed by atoms with van der Waals surface area (Å²) in [6, 6.07) is 8.10. The molecule has 1 aromatic carbocycles. The number of rotatable bonds is 4. The second-order valence-electron chi connectivity index (χ2n) is 5.95. The number of carbonyl (C=O) groups excluding carboxylic acids is 1. The Morgan fingerprint density at radius 3 is 2.80 bits per heavy atom. The maximum atomic E-state index is 12.2. The molecular weight excluding hydrogens is 250 g/mol. The van der Waals surface area contributed by atoms with E-state index in [0.717, 1.165) is 17.7 Å². The lowest BCUT2D eigenvalue weighted by Gasteiger charge is -2.30. The molecule has 0 saturated heterocycles. The fourth-order valence-corrected chi connectivity index (χ4v) is 2.78. The molecule has 0 heterocycles. The number of carbonyl (C=O) groups is 1. The van der Waals surface area contributed by atoms with Crippen LogP contribution in [0, 0.1) is 12.8 Å². The lowest BCUT2D eigenvalue weighted by atomic mass is 9.86. The van der Waals surface area contributed by atoms with Gasteiger partial charge in [-0.05, 0) is 50.3 Å². The van der Waals surface area contributed by atoms with Gasteiger partial charge in [-0.1, -0.05) is 31.9 Å². The van der Waals surface area contributed by atoms with Crippen LogP contribution < -0.4 is 10.1 Å². The summed E-state index contributed by atoms with van der Waals surface area (Å²) in [4.78, 5) is 12.2. The van der Waals surface area contributed by atoms with Gasteiger partial charge in [0.1, 0.15) is 5.75 Å². The minimum absolute atomic E-state index is 0.00902. The number of hydrogen-bond donors (Lipinski definition) is 1. The number of aryl methyl sites for hydroxylation is 1. The zero-order chi connectivity index (χ0) is 14.5. The van der Waals surface area contributed by atoms with Crippen molar-refractivity contribution in [3.63, 3.8) is 0 Å². The van der Waals surface area contributed by atoms with Gasteiger partial charge in [-0.15, -0.1) is 0 Å². The Morgan fingerprint density at radius 1 is 1.35 bits per heavy atom. The number of hydrogen-bond acceptors (Lipinski definition) is 2. The van der Waals surface area contributed by atoms with Gasteiger partial charge >= 0.3 is 0 Å². The summed E-state index contributed by atoms with van der Waals surface area (Å²) < 4.78 is 5.72. The van der Waals surface area contributed by atoms with E-state index in [0.29, 0.717) is 12.0 Å². The smallest absolute Gasteiger partial charge is 0.261 e. The fourth-order valence-electron chi connectivity index (χ4n) is 2.78. The summed E-state index contributed by atoms with van der Waals surface area (Å²) in [5.41, 5.74) is 1.14. The molecular formula is C17H25NO2. The van der Waals surface area contributed by atoms with Crippen LogP contribution in [0.25, 0.3) is 0 Å². The van der Waals surface area contributed by atoms with Gasteiger partial charge < -0.3 is 10.1 Å². The average molecular weight is 275 g/mol. The molecule has 3 heteroatoms. The molecule has 1 fully saturated rings. The van der Waals surface area contributed by atoms with E-state index in [9.17, 15) is 4.79 Å². The fraction of sp³-hybridized carbons (Fsp3) is 0.588. The third-order valence-corrected chi connectivity index (χ3v) is 4.11. The predicted octanol–water partition coefficient (Wildman–Crippen LogP) is 3.46. The Balaban J connectivity index is 1.88. The molecule has 3 unspecified atom stereocenters. The maximum absolute atomic E-state index is 12.2. The standard InChI is InChI=1S/C17H25NO2/c1-12-7-6-9-15(11-12)20-14(3)17(19)18-16-10-5-4-8-13(16)2/h6-7,9,11,13-14,16H,4-5,8,10H2,1-3H3,(H,18,19). The summed E-state index contributed by atoms with van der Waals surface area (Å²) in [5, 5.41) is 3.14. The first-order valence-electron chi connectivity index (χ1n) is 7.60. The molecule has 1 saturated carbocycles. The van der Waals surface area contributed by atoms with Gasteiger partial charge in [-0.2, -0.15) is 0 Å². The summed E-state index contributed by atoms with van der Waals surface area (Å²) >= 11 is 0. The molecule has 0 bridgehead atoms. The molecule has 1 aliphatic rings. The van der Waals surface area contributed by atoms with Crippen LogP contribution >= 0.6 is 0 Å². The van der Waals surface area contributed by atoms with E-state index in [-0.39, 0.29) is 5.91 Å². The monoisotopic (exact) mass is 275 g/mol. The Hall–Kier alpha value is -1.51. The Labute approximate surface area is 121 Å². The molecule has 1 aromatic rings. The Morgan fingerprint density at radius 2 is 2.10 bits per heavy atom. The minimum atomic E-state index is -0.453. The zero-order valence-corrected chi connectivity index (χ0v) is 12.7. The molecule has 110 valence electrons. The minimum Gasteiger partial charge on any atom is -0.481 e. The van der Waals surface area contributed by atoms with Gasteiger partial charge in [-0.3, -0.25) is 4.79 Å². The van der Waals surface area contributed by atoms with Gasteiger partial charge in [0.25, 0.3) is 5.91 Å². The van der Waals surface area contributed by atoms with Crippen LogP contribution in [-0.4, -0.2) is 18.1 Å². The number of amides is 1. The first kappa shape index (κ1) is 14.9. The summed E-state index contributed by atoms with van der Waals surface area (Å²) in [5.74, 6) is 1.31. The molecule has 3 nitrogen and oxygen atoms in total. The van der Waals surface area contributed by atoms with E-state index in [2.05, 4.69) is 12.2 Å². The van der Waals surface area contributed by atoms with Crippen molar-refractivity contribution >= 4 is 5.91 Å². The van der Waals surface area contributed by atoms with Crippen molar-refractivity contribution in [3.8, 4) is 5.75 Å².